The summed E-state index contributed by atoms with van der Waals surface area (Å²) in [6.07, 6.45) is 0.337. The van der Waals surface area contributed by atoms with Gasteiger partial charge in [-0.25, -0.2) is 4.79 Å². The number of carbonyl (C=O) groups is 2. The van der Waals surface area contributed by atoms with Gasteiger partial charge in [0.1, 0.15) is 5.60 Å². The Kier molecular flexibility index (Phi) is 5.75. The van der Waals surface area contributed by atoms with E-state index in [9.17, 15) is 9.59 Å². The van der Waals surface area contributed by atoms with E-state index in [-0.39, 0.29) is 0 Å². The van der Waals surface area contributed by atoms with Crippen molar-refractivity contribution in [1.82, 2.24) is 4.90 Å². The average Bonchev–Trinajstić information content (AvgIpc) is 2.54. The van der Waals surface area contributed by atoms with E-state index >= 15 is 0 Å². The average molecular weight is 409 g/mol. The zero-order valence-electron chi connectivity index (χ0n) is 14.5. The summed E-state index contributed by atoms with van der Waals surface area (Å²) in [5.41, 5.74) is 7.97. The number of benzene rings is 1. The number of halogens is 1. The van der Waals surface area contributed by atoms with Crippen LogP contribution >= 0.6 is 15.9 Å². The molecular formula is C17H21BrN4O3. The van der Waals surface area contributed by atoms with Crippen molar-refractivity contribution in [2.75, 3.05) is 13.1 Å². The summed E-state index contributed by atoms with van der Waals surface area (Å²) < 4.78 is 6.17. The number of hydrogen-bond acceptors (Lipinski definition) is 3. The largest absolute Gasteiger partial charge is 0.444 e. The Morgan fingerprint density at radius 1 is 1.28 bits per heavy atom. The van der Waals surface area contributed by atoms with Gasteiger partial charge in [0.05, 0.1) is 5.41 Å². The Bertz CT molecular complexity index is 715. The monoisotopic (exact) mass is 408 g/mol. The molecule has 0 aliphatic carbocycles. The molecule has 0 saturated carbocycles. The first-order valence-electron chi connectivity index (χ1n) is 8.02. The molecule has 134 valence electrons. The van der Waals surface area contributed by atoms with E-state index in [0.717, 1.165) is 10.0 Å². The normalized spacial score (nSPS) is 16.7. The van der Waals surface area contributed by atoms with Gasteiger partial charge in [-0.05, 0) is 55.9 Å². The number of nitrogens with zero attached hydrogens (tertiary/aromatic N) is 4. The van der Waals surface area contributed by atoms with Crippen molar-refractivity contribution in [2.45, 2.75) is 44.6 Å². The summed E-state index contributed by atoms with van der Waals surface area (Å²) in [7, 11) is 0. The van der Waals surface area contributed by atoms with Crippen LogP contribution in [0, 0.1) is 0 Å². The minimum Gasteiger partial charge on any atom is -0.444 e. The van der Waals surface area contributed by atoms with Crippen molar-refractivity contribution in [1.29, 1.82) is 0 Å². The van der Waals surface area contributed by atoms with Gasteiger partial charge in [-0.15, -0.1) is 0 Å². The topological polar surface area (TPSA) is 95.4 Å². The van der Waals surface area contributed by atoms with E-state index in [1.54, 1.807) is 4.90 Å². The van der Waals surface area contributed by atoms with Crippen LogP contribution in [0.25, 0.3) is 10.4 Å². The van der Waals surface area contributed by atoms with Crippen LogP contribution < -0.4 is 0 Å². The van der Waals surface area contributed by atoms with Crippen molar-refractivity contribution in [3.8, 4) is 0 Å². The van der Waals surface area contributed by atoms with Crippen molar-refractivity contribution < 1.29 is 14.3 Å². The lowest BCUT2D eigenvalue weighted by Crippen LogP contribution is -2.49. The summed E-state index contributed by atoms with van der Waals surface area (Å²) in [5, 5.41) is 3.35. The van der Waals surface area contributed by atoms with Crippen LogP contribution in [0.3, 0.4) is 0 Å². The molecule has 1 aliphatic heterocycles. The SMILES string of the molecule is CC(C)(C)OC(=O)N1CCC(C(=O)N=[N+]=[N-])(c2ccccc2Br)CC1. The molecule has 8 heteroatoms. The molecule has 7 nitrogen and oxygen atoms in total. The lowest BCUT2D eigenvalue weighted by atomic mass is 9.72. The third kappa shape index (κ3) is 4.32. The van der Waals surface area contributed by atoms with E-state index in [1.807, 2.05) is 45.0 Å². The molecule has 25 heavy (non-hydrogen) atoms. The Balaban J connectivity index is 2.28. The van der Waals surface area contributed by atoms with Gasteiger partial charge in [0.25, 0.3) is 0 Å². The number of likely N-dealkylation sites (tertiary alicyclic amines) is 1. The van der Waals surface area contributed by atoms with Crippen molar-refractivity contribution >= 4 is 27.9 Å². The van der Waals surface area contributed by atoms with E-state index in [1.165, 1.54) is 0 Å². The molecule has 0 radical (unpaired) electrons. The number of amides is 2. The predicted octanol–water partition coefficient (Wildman–Crippen LogP) is 4.55. The number of carbonyl (C=O) groups excluding carboxylic acids is 2. The molecule has 0 bridgehead atoms. The van der Waals surface area contributed by atoms with Gasteiger partial charge in [0.15, 0.2) is 0 Å². The highest BCUT2D eigenvalue weighted by Gasteiger charge is 2.44. The van der Waals surface area contributed by atoms with Gasteiger partial charge in [0.2, 0.25) is 5.91 Å². The molecule has 1 fully saturated rings. The van der Waals surface area contributed by atoms with Crippen LogP contribution in [0.5, 0.6) is 0 Å². The summed E-state index contributed by atoms with van der Waals surface area (Å²) >= 11 is 3.48. The van der Waals surface area contributed by atoms with Crippen LogP contribution in [0.4, 0.5) is 4.79 Å². The smallest absolute Gasteiger partial charge is 0.410 e. The lowest BCUT2D eigenvalue weighted by Gasteiger charge is -2.40. The Hall–Kier alpha value is -2.05. The van der Waals surface area contributed by atoms with Gasteiger partial charge in [-0.1, -0.05) is 34.1 Å². The highest BCUT2D eigenvalue weighted by molar-refractivity contribution is 9.10. The highest BCUT2D eigenvalue weighted by Crippen LogP contribution is 2.40. The number of hydrogen-bond donors (Lipinski definition) is 0. The van der Waals surface area contributed by atoms with Gasteiger partial charge in [-0.2, -0.15) is 0 Å². The summed E-state index contributed by atoms with van der Waals surface area (Å²) in [6.45, 7) is 6.13. The van der Waals surface area contributed by atoms with Gasteiger partial charge >= 0.3 is 6.09 Å². The van der Waals surface area contributed by atoms with Crippen LogP contribution in [-0.2, 0) is 14.9 Å². The van der Waals surface area contributed by atoms with Crippen LogP contribution in [-0.4, -0.2) is 35.6 Å². The molecule has 0 unspecified atom stereocenters. The maximum absolute atomic E-state index is 12.6. The Morgan fingerprint density at radius 2 is 1.88 bits per heavy atom. The molecule has 0 N–H and O–H groups in total. The minimum atomic E-state index is -0.940. The maximum Gasteiger partial charge on any atom is 0.410 e. The number of azide groups is 1. The second-order valence-corrected chi connectivity index (χ2v) is 7.88. The highest BCUT2D eigenvalue weighted by atomic mass is 79.9. The summed E-state index contributed by atoms with van der Waals surface area (Å²) in [4.78, 5) is 29.1. The van der Waals surface area contributed by atoms with E-state index in [4.69, 9.17) is 10.3 Å². The molecule has 0 atom stereocenters. The van der Waals surface area contributed by atoms with E-state index in [0.29, 0.717) is 25.9 Å². The summed E-state index contributed by atoms with van der Waals surface area (Å²) in [5.74, 6) is -0.522. The number of ether oxygens (including phenoxy) is 1. The van der Waals surface area contributed by atoms with Gasteiger partial charge < -0.3 is 9.64 Å². The first-order chi connectivity index (χ1) is 11.7. The molecular weight excluding hydrogens is 388 g/mol. The van der Waals surface area contributed by atoms with E-state index < -0.39 is 23.0 Å². The number of rotatable bonds is 2. The second-order valence-electron chi connectivity index (χ2n) is 7.02. The first-order valence-corrected chi connectivity index (χ1v) is 8.81. The molecule has 0 aromatic heterocycles. The van der Waals surface area contributed by atoms with Crippen molar-refractivity contribution in [3.05, 3.63) is 44.7 Å². The standard InChI is InChI=1S/C17H21BrN4O3/c1-16(2,3)25-15(24)22-10-8-17(9-11-22,14(23)20-21-19)12-6-4-5-7-13(12)18/h4-7H,8-11H2,1-3H3. The molecule has 1 aliphatic rings. The molecule has 1 aromatic rings. The van der Waals surface area contributed by atoms with Crippen LogP contribution in [0.15, 0.2) is 33.9 Å². The van der Waals surface area contributed by atoms with Gasteiger partial charge in [0, 0.05) is 22.5 Å². The molecule has 2 amide bonds. The third-order valence-corrected chi connectivity index (χ3v) is 4.89. The summed E-state index contributed by atoms with van der Waals surface area (Å²) in [6, 6.07) is 7.39. The molecule has 1 saturated heterocycles. The third-order valence-electron chi connectivity index (χ3n) is 4.20. The minimum absolute atomic E-state index is 0.350. The fourth-order valence-electron chi connectivity index (χ4n) is 2.98. The quantitative estimate of drug-likeness (QED) is 0.407. The van der Waals surface area contributed by atoms with Crippen LogP contribution in [0.2, 0.25) is 0 Å². The lowest BCUT2D eigenvalue weighted by molar-refractivity contribution is -0.125. The molecule has 1 aromatic carbocycles. The molecule has 2 rings (SSSR count). The first kappa shape index (κ1) is 19.3. The fourth-order valence-corrected chi connectivity index (χ4v) is 3.65. The van der Waals surface area contributed by atoms with Crippen molar-refractivity contribution in [2.24, 2.45) is 5.11 Å². The van der Waals surface area contributed by atoms with Gasteiger partial charge in [-0.3, -0.25) is 4.79 Å². The Morgan fingerprint density at radius 3 is 2.40 bits per heavy atom. The number of piperidine rings is 1. The molecule has 0 spiro atoms. The zero-order chi connectivity index (χ0) is 18.7. The second kappa shape index (κ2) is 7.45. The fraction of sp³-hybridized carbons (Fsp3) is 0.529. The maximum atomic E-state index is 12.6. The zero-order valence-corrected chi connectivity index (χ0v) is 16.1. The predicted molar refractivity (Wildman–Crippen MR) is 97.0 cm³/mol. The van der Waals surface area contributed by atoms with E-state index in [2.05, 4.69) is 26.0 Å². The Labute approximate surface area is 155 Å². The van der Waals surface area contributed by atoms with Crippen LogP contribution in [0.1, 0.15) is 39.2 Å². The van der Waals surface area contributed by atoms with Crippen molar-refractivity contribution in [3.63, 3.8) is 0 Å². The molecule has 1 heterocycles.